The van der Waals surface area contributed by atoms with E-state index in [4.69, 9.17) is 10.5 Å². The molecule has 0 spiro atoms. The summed E-state index contributed by atoms with van der Waals surface area (Å²) < 4.78 is 6.99. The maximum Gasteiger partial charge on any atom is 0.266 e. The standard InChI is InChI=1S/C25H22N4O4S/c1-2-33-19-13-11-18(12-14-19)29-24(32)20-5-3-4-6-21(20)28-25(29)34-15-22(30)27-17-9-7-16(8-10-17)23(26)31/h3-14H,2,15H2,1H3,(H2,26,31)(H,27,30). The zero-order valence-corrected chi connectivity index (χ0v) is 19.2. The lowest BCUT2D eigenvalue weighted by atomic mass is 10.2. The zero-order valence-electron chi connectivity index (χ0n) is 18.4. The van der Waals surface area contributed by atoms with E-state index in [2.05, 4.69) is 10.3 Å². The average Bonchev–Trinajstić information content (AvgIpc) is 2.84. The second kappa shape index (κ2) is 10.2. The molecule has 0 bridgehead atoms. The summed E-state index contributed by atoms with van der Waals surface area (Å²) in [5, 5.41) is 3.65. The topological polar surface area (TPSA) is 116 Å². The van der Waals surface area contributed by atoms with Gasteiger partial charge >= 0.3 is 0 Å². The van der Waals surface area contributed by atoms with Gasteiger partial charge in [-0.2, -0.15) is 0 Å². The number of primary amides is 1. The number of nitrogens with zero attached hydrogens (tertiary/aromatic N) is 2. The Bertz CT molecular complexity index is 1400. The number of carbonyl (C=O) groups is 2. The largest absolute Gasteiger partial charge is 0.494 e. The molecular weight excluding hydrogens is 452 g/mol. The van der Waals surface area contributed by atoms with Gasteiger partial charge < -0.3 is 15.8 Å². The molecule has 172 valence electrons. The summed E-state index contributed by atoms with van der Waals surface area (Å²) >= 11 is 1.16. The third kappa shape index (κ3) is 5.10. The van der Waals surface area contributed by atoms with Crippen LogP contribution in [0.5, 0.6) is 5.75 Å². The molecule has 0 aliphatic carbocycles. The first kappa shape index (κ1) is 23.1. The van der Waals surface area contributed by atoms with Crippen LogP contribution in [0, 0.1) is 0 Å². The Labute approximate surface area is 199 Å². The molecule has 8 nitrogen and oxygen atoms in total. The van der Waals surface area contributed by atoms with Crippen molar-refractivity contribution in [1.82, 2.24) is 9.55 Å². The van der Waals surface area contributed by atoms with Crippen molar-refractivity contribution in [3.63, 3.8) is 0 Å². The summed E-state index contributed by atoms with van der Waals surface area (Å²) in [4.78, 5) is 41.7. The molecule has 0 saturated carbocycles. The van der Waals surface area contributed by atoms with Crippen molar-refractivity contribution in [1.29, 1.82) is 0 Å². The molecule has 9 heteroatoms. The number of rotatable bonds is 8. The first-order chi connectivity index (χ1) is 16.5. The number of fused-ring (bicyclic) bond motifs is 1. The Hall–Kier alpha value is -4.11. The van der Waals surface area contributed by atoms with E-state index in [1.807, 2.05) is 13.0 Å². The predicted octanol–water partition coefficient (Wildman–Crippen LogP) is 3.61. The van der Waals surface area contributed by atoms with Gasteiger partial charge in [-0.1, -0.05) is 23.9 Å². The Morgan fingerprint density at radius 2 is 1.74 bits per heavy atom. The second-order valence-electron chi connectivity index (χ2n) is 7.26. The van der Waals surface area contributed by atoms with Crippen LogP contribution in [0.25, 0.3) is 16.6 Å². The predicted molar refractivity (Wildman–Crippen MR) is 133 cm³/mol. The Balaban J connectivity index is 1.60. The van der Waals surface area contributed by atoms with Gasteiger partial charge in [0, 0.05) is 11.3 Å². The van der Waals surface area contributed by atoms with Gasteiger partial charge in [0.25, 0.3) is 5.56 Å². The summed E-state index contributed by atoms with van der Waals surface area (Å²) in [5.41, 5.74) is 7.08. The van der Waals surface area contributed by atoms with Crippen molar-refractivity contribution in [3.05, 3.63) is 88.7 Å². The summed E-state index contributed by atoms with van der Waals surface area (Å²) in [6.07, 6.45) is 0. The number of carbonyl (C=O) groups excluding carboxylic acids is 2. The summed E-state index contributed by atoms with van der Waals surface area (Å²) in [5.74, 6) is -0.0936. The molecule has 1 aromatic heterocycles. The van der Waals surface area contributed by atoms with Gasteiger partial charge in [0.05, 0.1) is 29.0 Å². The number of nitrogens with two attached hydrogens (primary N) is 1. The Morgan fingerprint density at radius 1 is 1.03 bits per heavy atom. The fourth-order valence-corrected chi connectivity index (χ4v) is 4.15. The second-order valence-corrected chi connectivity index (χ2v) is 8.20. The first-order valence-electron chi connectivity index (χ1n) is 10.5. The Morgan fingerprint density at radius 3 is 2.41 bits per heavy atom. The number of anilines is 1. The number of ether oxygens (including phenoxy) is 1. The van der Waals surface area contributed by atoms with Crippen LogP contribution in [0.3, 0.4) is 0 Å². The molecular formula is C25H22N4O4S. The highest BCUT2D eigenvalue weighted by molar-refractivity contribution is 7.99. The van der Waals surface area contributed by atoms with Crippen LogP contribution in [-0.2, 0) is 4.79 Å². The highest BCUT2D eigenvalue weighted by Gasteiger charge is 2.15. The van der Waals surface area contributed by atoms with Gasteiger partial charge in [-0.3, -0.25) is 19.0 Å². The molecule has 0 aliphatic rings. The minimum Gasteiger partial charge on any atom is -0.494 e. The van der Waals surface area contributed by atoms with Crippen LogP contribution in [0.15, 0.2) is 82.7 Å². The molecule has 1 heterocycles. The molecule has 3 N–H and O–H groups in total. The fourth-order valence-electron chi connectivity index (χ4n) is 3.34. The summed E-state index contributed by atoms with van der Waals surface area (Å²) in [6.45, 7) is 2.44. The highest BCUT2D eigenvalue weighted by Crippen LogP contribution is 2.23. The van der Waals surface area contributed by atoms with Gasteiger partial charge in [-0.05, 0) is 67.6 Å². The molecule has 0 fully saturated rings. The molecule has 0 radical (unpaired) electrons. The highest BCUT2D eigenvalue weighted by atomic mass is 32.2. The Kier molecular flexibility index (Phi) is 6.93. The lowest BCUT2D eigenvalue weighted by Gasteiger charge is -2.14. The minimum absolute atomic E-state index is 0.0272. The lowest BCUT2D eigenvalue weighted by molar-refractivity contribution is -0.113. The van der Waals surface area contributed by atoms with Gasteiger partial charge in [-0.15, -0.1) is 0 Å². The smallest absolute Gasteiger partial charge is 0.266 e. The normalized spacial score (nSPS) is 10.7. The molecule has 4 rings (SSSR count). The number of nitrogens with one attached hydrogen (secondary N) is 1. The van der Waals surface area contributed by atoms with Gasteiger partial charge in [0.1, 0.15) is 5.75 Å². The maximum absolute atomic E-state index is 13.3. The average molecular weight is 475 g/mol. The van der Waals surface area contributed by atoms with E-state index in [0.29, 0.717) is 45.4 Å². The molecule has 0 unspecified atom stereocenters. The molecule has 34 heavy (non-hydrogen) atoms. The number of hydrogen-bond acceptors (Lipinski definition) is 6. The van der Waals surface area contributed by atoms with E-state index >= 15 is 0 Å². The van der Waals surface area contributed by atoms with Crippen molar-refractivity contribution in [2.45, 2.75) is 12.1 Å². The van der Waals surface area contributed by atoms with Crippen LogP contribution < -0.4 is 21.3 Å². The number of benzene rings is 3. The maximum atomic E-state index is 13.3. The van der Waals surface area contributed by atoms with E-state index < -0.39 is 5.91 Å². The van der Waals surface area contributed by atoms with Crippen LogP contribution >= 0.6 is 11.8 Å². The molecule has 0 aliphatic heterocycles. The van der Waals surface area contributed by atoms with E-state index in [9.17, 15) is 14.4 Å². The van der Waals surface area contributed by atoms with Crippen molar-refractivity contribution < 1.29 is 14.3 Å². The van der Waals surface area contributed by atoms with Crippen molar-refractivity contribution in [3.8, 4) is 11.4 Å². The SMILES string of the molecule is CCOc1ccc(-n2c(SCC(=O)Nc3ccc(C(N)=O)cc3)nc3ccccc3c2=O)cc1. The monoisotopic (exact) mass is 474 g/mol. The minimum atomic E-state index is -0.539. The zero-order chi connectivity index (χ0) is 24.1. The molecule has 0 atom stereocenters. The number of amides is 2. The van der Waals surface area contributed by atoms with E-state index in [1.54, 1.807) is 66.7 Å². The molecule has 2 amide bonds. The number of thioether (sulfide) groups is 1. The van der Waals surface area contributed by atoms with Gasteiger partial charge in [-0.25, -0.2) is 4.98 Å². The first-order valence-corrected chi connectivity index (χ1v) is 11.5. The number of para-hydroxylation sites is 1. The van der Waals surface area contributed by atoms with E-state index in [0.717, 1.165) is 11.8 Å². The van der Waals surface area contributed by atoms with Gasteiger partial charge in [0.2, 0.25) is 11.8 Å². The molecule has 0 saturated heterocycles. The molecule has 3 aromatic carbocycles. The van der Waals surface area contributed by atoms with Crippen LogP contribution in [0.1, 0.15) is 17.3 Å². The third-order valence-corrected chi connectivity index (χ3v) is 5.87. The summed E-state index contributed by atoms with van der Waals surface area (Å²) in [7, 11) is 0. The lowest BCUT2D eigenvalue weighted by Crippen LogP contribution is -2.23. The van der Waals surface area contributed by atoms with E-state index in [1.165, 1.54) is 4.57 Å². The van der Waals surface area contributed by atoms with Crippen LogP contribution in [-0.4, -0.2) is 33.7 Å². The van der Waals surface area contributed by atoms with Gasteiger partial charge in [0.15, 0.2) is 5.16 Å². The van der Waals surface area contributed by atoms with Crippen molar-refractivity contribution >= 4 is 40.2 Å². The van der Waals surface area contributed by atoms with Crippen LogP contribution in [0.4, 0.5) is 5.69 Å². The van der Waals surface area contributed by atoms with Crippen molar-refractivity contribution in [2.75, 3.05) is 17.7 Å². The quantitative estimate of drug-likeness (QED) is 0.298. The number of aromatic nitrogens is 2. The fraction of sp³-hybridized carbons (Fsp3) is 0.120. The number of hydrogen-bond donors (Lipinski definition) is 2. The third-order valence-electron chi connectivity index (χ3n) is 4.94. The van der Waals surface area contributed by atoms with Crippen LogP contribution in [0.2, 0.25) is 0 Å². The summed E-state index contributed by atoms with van der Waals surface area (Å²) in [6, 6.07) is 20.5. The van der Waals surface area contributed by atoms with E-state index in [-0.39, 0.29) is 17.2 Å². The van der Waals surface area contributed by atoms with Crippen molar-refractivity contribution in [2.24, 2.45) is 5.73 Å². The molecule has 4 aromatic rings.